The van der Waals surface area contributed by atoms with Gasteiger partial charge in [-0.3, -0.25) is 0 Å². The zero-order valence-corrected chi connectivity index (χ0v) is 7.35. The normalized spacial score (nSPS) is 12.8. The predicted octanol–water partition coefficient (Wildman–Crippen LogP) is 3.40. The van der Waals surface area contributed by atoms with Crippen LogP contribution in [0.5, 0.6) is 0 Å². The molecule has 0 N–H and O–H groups in total. The van der Waals surface area contributed by atoms with Gasteiger partial charge in [-0.15, -0.1) is 5.73 Å². The Morgan fingerprint density at radius 3 is 2.40 bits per heavy atom. The van der Waals surface area contributed by atoms with Gasteiger partial charge in [-0.2, -0.15) is 0 Å². The van der Waals surface area contributed by atoms with E-state index in [9.17, 15) is 0 Å². The van der Waals surface area contributed by atoms with Crippen LogP contribution in [0.25, 0.3) is 0 Å². The third-order valence-corrected chi connectivity index (χ3v) is 2.03. The Morgan fingerprint density at radius 1 is 1.50 bits per heavy atom. The Bertz CT molecular complexity index is 116. The van der Waals surface area contributed by atoms with Crippen molar-refractivity contribution in [2.24, 2.45) is 11.8 Å². The minimum absolute atomic E-state index is 0.787. The third kappa shape index (κ3) is 3.53. The SMILES string of the molecule is C=C=CCC(CC)C(C)C. The summed E-state index contributed by atoms with van der Waals surface area (Å²) in [5.74, 6) is 1.60. The van der Waals surface area contributed by atoms with Crippen LogP contribution in [0.15, 0.2) is 18.4 Å². The molecule has 0 aliphatic heterocycles. The molecule has 0 aromatic rings. The van der Waals surface area contributed by atoms with E-state index in [0.29, 0.717) is 0 Å². The first-order chi connectivity index (χ1) is 4.72. The largest absolute Gasteiger partial charge is 0.133 e. The summed E-state index contributed by atoms with van der Waals surface area (Å²) in [5, 5.41) is 0. The van der Waals surface area contributed by atoms with E-state index in [2.05, 4.69) is 33.1 Å². The fourth-order valence-corrected chi connectivity index (χ4v) is 1.14. The molecule has 0 aliphatic rings. The molecule has 0 aliphatic carbocycles. The third-order valence-electron chi connectivity index (χ3n) is 2.03. The highest BCUT2D eigenvalue weighted by Gasteiger charge is 2.07. The lowest BCUT2D eigenvalue weighted by Gasteiger charge is -2.15. The second-order valence-electron chi connectivity index (χ2n) is 3.06. The number of rotatable bonds is 4. The van der Waals surface area contributed by atoms with Crippen molar-refractivity contribution >= 4 is 0 Å². The van der Waals surface area contributed by atoms with E-state index in [0.717, 1.165) is 18.3 Å². The molecule has 0 bridgehead atoms. The highest BCUT2D eigenvalue weighted by molar-refractivity contribution is 4.79. The molecule has 58 valence electrons. The molecular formula is C10H18. The standard InChI is InChI=1S/C10H18/c1-5-7-8-10(6-2)9(3)4/h7,9-10H,1,6,8H2,2-4H3. The maximum atomic E-state index is 3.55. The van der Waals surface area contributed by atoms with E-state index in [1.165, 1.54) is 6.42 Å². The molecule has 0 nitrogen and oxygen atoms in total. The van der Waals surface area contributed by atoms with Crippen LogP contribution < -0.4 is 0 Å². The van der Waals surface area contributed by atoms with Crippen LogP contribution in [-0.2, 0) is 0 Å². The zero-order chi connectivity index (χ0) is 7.98. The topological polar surface area (TPSA) is 0 Å². The van der Waals surface area contributed by atoms with E-state index >= 15 is 0 Å². The summed E-state index contributed by atoms with van der Waals surface area (Å²) in [6.07, 6.45) is 4.43. The summed E-state index contributed by atoms with van der Waals surface area (Å²) in [6, 6.07) is 0. The van der Waals surface area contributed by atoms with Crippen molar-refractivity contribution in [3.8, 4) is 0 Å². The molecule has 0 saturated carbocycles. The van der Waals surface area contributed by atoms with Crippen molar-refractivity contribution in [2.75, 3.05) is 0 Å². The lowest BCUT2D eigenvalue weighted by molar-refractivity contribution is 0.377. The fraction of sp³-hybridized carbons (Fsp3) is 0.700. The van der Waals surface area contributed by atoms with Crippen molar-refractivity contribution in [2.45, 2.75) is 33.6 Å². The molecule has 0 aromatic carbocycles. The summed E-state index contributed by atoms with van der Waals surface area (Å²) in [6.45, 7) is 10.3. The summed E-state index contributed by atoms with van der Waals surface area (Å²) in [5.41, 5.74) is 2.81. The van der Waals surface area contributed by atoms with Gasteiger partial charge in [0.25, 0.3) is 0 Å². The summed E-state index contributed by atoms with van der Waals surface area (Å²) < 4.78 is 0. The quantitative estimate of drug-likeness (QED) is 0.522. The van der Waals surface area contributed by atoms with Crippen LogP contribution in [0.1, 0.15) is 33.6 Å². The first-order valence-corrected chi connectivity index (χ1v) is 4.06. The molecular weight excluding hydrogens is 120 g/mol. The minimum atomic E-state index is 0.787. The monoisotopic (exact) mass is 138 g/mol. The lowest BCUT2D eigenvalue weighted by atomic mass is 9.90. The van der Waals surface area contributed by atoms with Gasteiger partial charge in [0.1, 0.15) is 0 Å². The Kier molecular flexibility index (Phi) is 5.06. The van der Waals surface area contributed by atoms with Gasteiger partial charge in [-0.1, -0.05) is 33.8 Å². The summed E-state index contributed by atoms with van der Waals surface area (Å²) in [7, 11) is 0. The second-order valence-corrected chi connectivity index (χ2v) is 3.06. The molecule has 10 heavy (non-hydrogen) atoms. The van der Waals surface area contributed by atoms with Crippen LogP contribution >= 0.6 is 0 Å². The lowest BCUT2D eigenvalue weighted by Crippen LogP contribution is -2.05. The zero-order valence-electron chi connectivity index (χ0n) is 7.35. The van der Waals surface area contributed by atoms with E-state index < -0.39 is 0 Å². The van der Waals surface area contributed by atoms with E-state index in [-0.39, 0.29) is 0 Å². The Hall–Kier alpha value is -0.480. The highest BCUT2D eigenvalue weighted by Crippen LogP contribution is 2.18. The van der Waals surface area contributed by atoms with Crippen LogP contribution in [-0.4, -0.2) is 0 Å². The van der Waals surface area contributed by atoms with Gasteiger partial charge < -0.3 is 0 Å². The molecule has 0 rings (SSSR count). The maximum absolute atomic E-state index is 3.55. The van der Waals surface area contributed by atoms with Crippen LogP contribution in [0.4, 0.5) is 0 Å². The van der Waals surface area contributed by atoms with Crippen molar-refractivity contribution in [1.29, 1.82) is 0 Å². The first kappa shape index (κ1) is 9.52. The molecule has 0 aromatic heterocycles. The van der Waals surface area contributed by atoms with Crippen molar-refractivity contribution in [3.05, 3.63) is 18.4 Å². The van der Waals surface area contributed by atoms with Crippen LogP contribution in [0.3, 0.4) is 0 Å². The van der Waals surface area contributed by atoms with E-state index in [4.69, 9.17) is 0 Å². The number of hydrogen-bond acceptors (Lipinski definition) is 0. The van der Waals surface area contributed by atoms with Crippen molar-refractivity contribution in [3.63, 3.8) is 0 Å². The Morgan fingerprint density at radius 2 is 2.10 bits per heavy atom. The van der Waals surface area contributed by atoms with E-state index in [1.54, 1.807) is 0 Å². The molecule has 0 amide bonds. The van der Waals surface area contributed by atoms with Gasteiger partial charge in [0.05, 0.1) is 0 Å². The number of allylic oxidation sites excluding steroid dienone is 1. The summed E-state index contributed by atoms with van der Waals surface area (Å²) in [4.78, 5) is 0. The molecule has 0 heteroatoms. The van der Waals surface area contributed by atoms with Gasteiger partial charge in [-0.25, -0.2) is 0 Å². The highest BCUT2D eigenvalue weighted by atomic mass is 14.1. The second kappa shape index (κ2) is 5.32. The molecule has 0 fully saturated rings. The molecule has 1 unspecified atom stereocenters. The maximum Gasteiger partial charge on any atom is -0.0244 e. The smallest absolute Gasteiger partial charge is 0.0244 e. The van der Waals surface area contributed by atoms with Gasteiger partial charge in [-0.05, 0) is 24.3 Å². The predicted molar refractivity (Wildman–Crippen MR) is 46.9 cm³/mol. The minimum Gasteiger partial charge on any atom is -0.133 e. The average Bonchev–Trinajstić information content (AvgIpc) is 1.89. The van der Waals surface area contributed by atoms with Gasteiger partial charge in [0, 0.05) is 0 Å². The van der Waals surface area contributed by atoms with Gasteiger partial charge in [0.15, 0.2) is 0 Å². The molecule has 0 heterocycles. The molecule has 1 atom stereocenters. The van der Waals surface area contributed by atoms with Crippen LogP contribution in [0.2, 0.25) is 0 Å². The Balaban J connectivity index is 3.70. The molecule has 0 spiro atoms. The van der Waals surface area contributed by atoms with Gasteiger partial charge in [0.2, 0.25) is 0 Å². The van der Waals surface area contributed by atoms with Crippen LogP contribution in [0, 0.1) is 11.8 Å². The van der Waals surface area contributed by atoms with Crippen molar-refractivity contribution < 1.29 is 0 Å². The van der Waals surface area contributed by atoms with Gasteiger partial charge >= 0.3 is 0 Å². The summed E-state index contributed by atoms with van der Waals surface area (Å²) >= 11 is 0. The fourth-order valence-electron chi connectivity index (χ4n) is 1.14. The number of hydrogen-bond donors (Lipinski definition) is 0. The molecule has 0 radical (unpaired) electrons. The van der Waals surface area contributed by atoms with Crippen molar-refractivity contribution in [1.82, 2.24) is 0 Å². The first-order valence-electron chi connectivity index (χ1n) is 4.06. The average molecular weight is 138 g/mol. The molecule has 0 saturated heterocycles. The Labute approximate surface area is 64.6 Å². The van der Waals surface area contributed by atoms with E-state index in [1.807, 2.05) is 6.08 Å².